The first-order chi connectivity index (χ1) is 14.8. The summed E-state index contributed by atoms with van der Waals surface area (Å²) in [5.74, 6) is 0.176. The molecule has 0 radical (unpaired) electrons. The van der Waals surface area contributed by atoms with Gasteiger partial charge in [0.05, 0.1) is 28.2 Å². The lowest BCUT2D eigenvalue weighted by atomic mass is 10.2. The van der Waals surface area contributed by atoms with E-state index in [9.17, 15) is 13.2 Å². The maximum atomic E-state index is 12.8. The van der Waals surface area contributed by atoms with E-state index >= 15 is 0 Å². The molecule has 0 aliphatic carbocycles. The minimum atomic E-state index is -3.89. The maximum Gasteiger partial charge on any atom is 0.251 e. The summed E-state index contributed by atoms with van der Waals surface area (Å²) >= 11 is 6.13. The highest BCUT2D eigenvalue weighted by Gasteiger charge is 2.24. The van der Waals surface area contributed by atoms with Crippen LogP contribution in [0.3, 0.4) is 0 Å². The lowest BCUT2D eigenvalue weighted by Gasteiger charge is -2.14. The van der Waals surface area contributed by atoms with Gasteiger partial charge < -0.3 is 15.0 Å². The number of aromatic amines is 1. The molecule has 3 aromatic rings. The van der Waals surface area contributed by atoms with Gasteiger partial charge in [-0.05, 0) is 50.1 Å². The van der Waals surface area contributed by atoms with Crippen molar-refractivity contribution >= 4 is 38.6 Å². The van der Waals surface area contributed by atoms with Crippen molar-refractivity contribution in [2.75, 3.05) is 13.2 Å². The molecule has 164 valence electrons. The number of benzene rings is 2. The molecule has 0 saturated carbocycles. The molecular weight excluding hydrogens is 440 g/mol. The van der Waals surface area contributed by atoms with Crippen LogP contribution in [0.2, 0.25) is 5.02 Å². The Kier molecular flexibility index (Phi) is 6.29. The Morgan fingerprint density at radius 2 is 2.13 bits per heavy atom. The molecule has 2 aromatic carbocycles. The molecule has 1 fully saturated rings. The second-order valence-electron chi connectivity index (χ2n) is 7.47. The van der Waals surface area contributed by atoms with Gasteiger partial charge in [0.1, 0.15) is 10.7 Å². The lowest BCUT2D eigenvalue weighted by Crippen LogP contribution is -2.32. The third kappa shape index (κ3) is 4.90. The number of rotatable bonds is 7. The molecule has 31 heavy (non-hydrogen) atoms. The second kappa shape index (κ2) is 8.96. The number of hydrogen-bond donors (Lipinski definition) is 3. The van der Waals surface area contributed by atoms with Gasteiger partial charge in [-0.15, -0.1) is 0 Å². The van der Waals surface area contributed by atoms with E-state index in [0.29, 0.717) is 12.4 Å². The summed E-state index contributed by atoms with van der Waals surface area (Å²) in [6, 6.07) is 11.3. The average Bonchev–Trinajstić information content (AvgIpc) is 3.42. The number of amides is 1. The van der Waals surface area contributed by atoms with Gasteiger partial charge in [0.2, 0.25) is 10.0 Å². The zero-order valence-electron chi connectivity index (χ0n) is 16.9. The number of aromatic nitrogens is 2. The smallest absolute Gasteiger partial charge is 0.251 e. The summed E-state index contributed by atoms with van der Waals surface area (Å²) in [7, 11) is -3.89. The van der Waals surface area contributed by atoms with Gasteiger partial charge in [-0.1, -0.05) is 23.7 Å². The molecule has 1 amide bonds. The molecule has 1 saturated heterocycles. The summed E-state index contributed by atoms with van der Waals surface area (Å²) in [4.78, 5) is 20.3. The van der Waals surface area contributed by atoms with E-state index in [1.807, 2.05) is 24.3 Å². The zero-order valence-corrected chi connectivity index (χ0v) is 18.5. The predicted molar refractivity (Wildman–Crippen MR) is 118 cm³/mol. The Labute approximate surface area is 185 Å². The van der Waals surface area contributed by atoms with Crippen LogP contribution in [0, 0.1) is 0 Å². The van der Waals surface area contributed by atoms with Crippen LogP contribution in [-0.2, 0) is 14.8 Å². The highest BCUT2D eigenvalue weighted by Crippen LogP contribution is 2.24. The van der Waals surface area contributed by atoms with Gasteiger partial charge >= 0.3 is 0 Å². The minimum absolute atomic E-state index is 0.0433. The summed E-state index contributed by atoms with van der Waals surface area (Å²) in [5.41, 5.74) is 1.86. The number of halogens is 1. The van der Waals surface area contributed by atoms with Crippen LogP contribution in [0.1, 0.15) is 42.0 Å². The number of para-hydroxylation sites is 2. The molecular formula is C21H23ClN4O4S. The third-order valence-electron chi connectivity index (χ3n) is 5.17. The first-order valence-corrected chi connectivity index (χ1v) is 11.9. The number of sulfonamides is 1. The normalized spacial score (nSPS) is 17.7. The Balaban J connectivity index is 1.49. The topological polar surface area (TPSA) is 113 Å². The standard InChI is InChI=1S/C21H23ClN4O4S/c1-13(20-25-17-6-2-3-7-18(17)26-20)24-21(27)14-8-9-16(22)19(11-14)31(28,29)23-12-15-5-4-10-30-15/h2-3,6-9,11,13,15,23H,4-5,10,12H2,1H3,(H,24,27)(H,25,26)/t13-,15-/m1/s1. The van der Waals surface area contributed by atoms with E-state index in [1.165, 1.54) is 18.2 Å². The second-order valence-corrected chi connectivity index (χ2v) is 9.61. The largest absolute Gasteiger partial charge is 0.377 e. The first-order valence-electron chi connectivity index (χ1n) is 10.00. The quantitative estimate of drug-likeness (QED) is 0.499. The van der Waals surface area contributed by atoms with E-state index in [0.717, 1.165) is 23.9 Å². The number of carbonyl (C=O) groups excluding carboxylic acids is 1. The molecule has 4 rings (SSSR count). The number of ether oxygens (including phenoxy) is 1. The predicted octanol–water partition coefficient (Wildman–Crippen LogP) is 3.16. The summed E-state index contributed by atoms with van der Waals surface area (Å²) < 4.78 is 33.4. The molecule has 0 bridgehead atoms. The fourth-order valence-corrected chi connectivity index (χ4v) is 5.05. The van der Waals surface area contributed by atoms with Crippen molar-refractivity contribution in [2.24, 2.45) is 0 Å². The van der Waals surface area contributed by atoms with Crippen molar-refractivity contribution in [3.8, 4) is 0 Å². The SMILES string of the molecule is C[C@@H](NC(=O)c1ccc(Cl)c(S(=O)(=O)NC[C@H]2CCCO2)c1)c1nc2ccccc2[nH]1. The zero-order chi connectivity index (χ0) is 22.0. The fraction of sp³-hybridized carbons (Fsp3) is 0.333. The lowest BCUT2D eigenvalue weighted by molar-refractivity contribution is 0.0938. The van der Waals surface area contributed by atoms with Crippen LogP contribution in [0.5, 0.6) is 0 Å². The van der Waals surface area contributed by atoms with E-state index in [1.54, 1.807) is 6.92 Å². The molecule has 8 nitrogen and oxygen atoms in total. The van der Waals surface area contributed by atoms with Gasteiger partial charge in [-0.2, -0.15) is 0 Å². The average molecular weight is 463 g/mol. The van der Waals surface area contributed by atoms with Crippen molar-refractivity contribution < 1.29 is 17.9 Å². The van der Waals surface area contributed by atoms with Crippen molar-refractivity contribution in [2.45, 2.75) is 36.8 Å². The minimum Gasteiger partial charge on any atom is -0.377 e. The van der Waals surface area contributed by atoms with Crippen molar-refractivity contribution in [1.82, 2.24) is 20.0 Å². The summed E-state index contributed by atoms with van der Waals surface area (Å²) in [5, 5.41) is 2.88. The van der Waals surface area contributed by atoms with E-state index in [-0.39, 0.29) is 28.1 Å². The number of imidazole rings is 1. The van der Waals surface area contributed by atoms with Gasteiger partial charge in [0.15, 0.2) is 0 Å². The molecule has 2 heterocycles. The Morgan fingerprint density at radius 1 is 1.32 bits per heavy atom. The number of nitrogens with zero attached hydrogens (tertiary/aromatic N) is 1. The Morgan fingerprint density at radius 3 is 2.87 bits per heavy atom. The van der Waals surface area contributed by atoms with Gasteiger partial charge in [-0.25, -0.2) is 18.1 Å². The van der Waals surface area contributed by atoms with Crippen LogP contribution >= 0.6 is 11.6 Å². The third-order valence-corrected chi connectivity index (χ3v) is 7.08. The monoisotopic (exact) mass is 462 g/mol. The Bertz CT molecular complexity index is 1170. The molecule has 0 spiro atoms. The van der Waals surface area contributed by atoms with Crippen LogP contribution in [0.4, 0.5) is 0 Å². The molecule has 1 aromatic heterocycles. The molecule has 1 aliphatic heterocycles. The van der Waals surface area contributed by atoms with Crippen LogP contribution in [0.25, 0.3) is 11.0 Å². The molecule has 3 N–H and O–H groups in total. The van der Waals surface area contributed by atoms with Gasteiger partial charge in [-0.3, -0.25) is 4.79 Å². The molecule has 2 atom stereocenters. The van der Waals surface area contributed by atoms with E-state index < -0.39 is 22.0 Å². The summed E-state index contributed by atoms with van der Waals surface area (Å²) in [6.07, 6.45) is 1.56. The highest BCUT2D eigenvalue weighted by molar-refractivity contribution is 7.89. The molecule has 0 unspecified atom stereocenters. The van der Waals surface area contributed by atoms with Crippen LogP contribution < -0.4 is 10.0 Å². The van der Waals surface area contributed by atoms with E-state index in [4.69, 9.17) is 16.3 Å². The first kappa shape index (κ1) is 21.8. The van der Waals surface area contributed by atoms with Crippen molar-refractivity contribution in [3.05, 3.63) is 58.9 Å². The number of hydrogen-bond acceptors (Lipinski definition) is 5. The number of nitrogens with one attached hydrogen (secondary N) is 3. The number of carbonyl (C=O) groups is 1. The van der Waals surface area contributed by atoms with Gasteiger partial charge in [0.25, 0.3) is 5.91 Å². The number of H-pyrrole nitrogens is 1. The van der Waals surface area contributed by atoms with Gasteiger partial charge in [0, 0.05) is 18.7 Å². The Hall–Kier alpha value is -2.46. The van der Waals surface area contributed by atoms with Crippen molar-refractivity contribution in [1.29, 1.82) is 0 Å². The fourth-order valence-electron chi connectivity index (χ4n) is 3.46. The highest BCUT2D eigenvalue weighted by atomic mass is 35.5. The van der Waals surface area contributed by atoms with Crippen LogP contribution in [-0.4, -0.2) is 43.5 Å². The van der Waals surface area contributed by atoms with Crippen LogP contribution in [0.15, 0.2) is 47.4 Å². The van der Waals surface area contributed by atoms with E-state index in [2.05, 4.69) is 20.0 Å². The maximum absolute atomic E-state index is 12.8. The molecule has 1 aliphatic rings. The number of fused-ring (bicyclic) bond motifs is 1. The molecule has 10 heteroatoms. The van der Waals surface area contributed by atoms with Crippen molar-refractivity contribution in [3.63, 3.8) is 0 Å². The summed E-state index contributed by atoms with van der Waals surface area (Å²) in [6.45, 7) is 2.59.